The van der Waals surface area contributed by atoms with Crippen LogP contribution in [0.2, 0.25) is 0 Å². The minimum atomic E-state index is -0.313. The fourth-order valence-electron chi connectivity index (χ4n) is 4.12. The van der Waals surface area contributed by atoms with E-state index in [1.165, 1.54) is 5.39 Å². The summed E-state index contributed by atoms with van der Waals surface area (Å²) in [6, 6.07) is 22.3. The number of carbonyl (C=O) groups excluding carboxylic acids is 1. The van der Waals surface area contributed by atoms with Crippen LogP contribution in [0.15, 0.2) is 66.7 Å². The molecule has 30 heavy (non-hydrogen) atoms. The molecule has 0 unspecified atom stereocenters. The molecule has 3 aromatic carbocycles. The first kappa shape index (κ1) is 18.3. The molecule has 0 spiro atoms. The zero-order chi connectivity index (χ0) is 20.7. The zero-order valence-corrected chi connectivity index (χ0v) is 16.9. The van der Waals surface area contributed by atoms with Crippen LogP contribution in [0.4, 0.5) is 0 Å². The number of nitrogens with zero attached hydrogens (tertiary/aromatic N) is 1. The second-order valence-electron chi connectivity index (χ2n) is 7.28. The van der Waals surface area contributed by atoms with Gasteiger partial charge in [0.15, 0.2) is 0 Å². The molecule has 1 N–H and O–H groups in total. The smallest absolute Gasteiger partial charge is 0.354 e. The number of H-pyrrole nitrogens is 1. The average molecular weight is 398 g/mol. The summed E-state index contributed by atoms with van der Waals surface area (Å²) >= 11 is 0. The van der Waals surface area contributed by atoms with E-state index >= 15 is 0 Å². The predicted octanol–water partition coefficient (Wildman–Crippen LogP) is 5.51. The molecule has 0 bridgehead atoms. The van der Waals surface area contributed by atoms with Crippen molar-refractivity contribution in [1.82, 2.24) is 9.55 Å². The van der Waals surface area contributed by atoms with Crippen molar-refractivity contribution in [2.75, 3.05) is 13.7 Å². The number of para-hydroxylation sites is 1. The fraction of sp³-hybridized carbons (Fsp3) is 0.160. The van der Waals surface area contributed by atoms with Crippen LogP contribution in [0.3, 0.4) is 0 Å². The van der Waals surface area contributed by atoms with Gasteiger partial charge in [-0.15, -0.1) is 0 Å². The molecule has 0 aliphatic carbocycles. The van der Waals surface area contributed by atoms with E-state index in [-0.39, 0.29) is 5.97 Å². The van der Waals surface area contributed by atoms with Crippen molar-refractivity contribution in [3.63, 3.8) is 0 Å². The minimum absolute atomic E-state index is 0.313. The standard InChI is InChI=1S/C25H22N2O3/c1-3-30-25(28)22-14-17-10-13-20-19-6-4-5-7-21(19)26-23(20)24(17)27(22)15-16-8-11-18(29-2)12-9-16/h4-14,26H,3,15H2,1-2H3. The molecule has 2 aromatic heterocycles. The highest BCUT2D eigenvalue weighted by molar-refractivity contribution is 6.17. The highest BCUT2D eigenvalue weighted by atomic mass is 16.5. The van der Waals surface area contributed by atoms with Gasteiger partial charge in [-0.3, -0.25) is 0 Å². The molecule has 150 valence electrons. The van der Waals surface area contributed by atoms with E-state index in [4.69, 9.17) is 9.47 Å². The Morgan fingerprint density at radius 3 is 2.57 bits per heavy atom. The topological polar surface area (TPSA) is 56.2 Å². The number of aromatic nitrogens is 2. The van der Waals surface area contributed by atoms with Crippen LogP contribution >= 0.6 is 0 Å². The van der Waals surface area contributed by atoms with E-state index in [1.54, 1.807) is 7.11 Å². The number of carbonyl (C=O) groups is 1. The van der Waals surface area contributed by atoms with Crippen molar-refractivity contribution in [1.29, 1.82) is 0 Å². The van der Waals surface area contributed by atoms with Gasteiger partial charge in [0.1, 0.15) is 11.4 Å². The molecule has 0 radical (unpaired) electrons. The molecule has 0 aliphatic rings. The number of hydrogen-bond acceptors (Lipinski definition) is 3. The van der Waals surface area contributed by atoms with Crippen LogP contribution in [0.25, 0.3) is 32.7 Å². The molecule has 5 rings (SSSR count). The van der Waals surface area contributed by atoms with E-state index in [2.05, 4.69) is 29.2 Å². The lowest BCUT2D eigenvalue weighted by atomic mass is 10.1. The molecule has 5 heteroatoms. The number of ether oxygens (including phenoxy) is 2. The van der Waals surface area contributed by atoms with Crippen molar-refractivity contribution in [3.8, 4) is 5.75 Å². The van der Waals surface area contributed by atoms with E-state index in [1.807, 2.05) is 54.0 Å². The van der Waals surface area contributed by atoms with Gasteiger partial charge in [0.05, 0.1) is 24.8 Å². The highest BCUT2D eigenvalue weighted by Crippen LogP contribution is 2.33. The number of nitrogens with one attached hydrogen (secondary N) is 1. The molecule has 5 nitrogen and oxygen atoms in total. The number of esters is 1. The molecule has 0 aliphatic heterocycles. The predicted molar refractivity (Wildman–Crippen MR) is 119 cm³/mol. The van der Waals surface area contributed by atoms with Gasteiger partial charge in [-0.05, 0) is 36.8 Å². The lowest BCUT2D eigenvalue weighted by molar-refractivity contribution is 0.0515. The summed E-state index contributed by atoms with van der Waals surface area (Å²) in [5.74, 6) is 0.492. The lowest BCUT2D eigenvalue weighted by Crippen LogP contribution is -2.13. The quantitative estimate of drug-likeness (QED) is 0.397. The number of hydrogen-bond donors (Lipinski definition) is 1. The second-order valence-corrected chi connectivity index (χ2v) is 7.28. The summed E-state index contributed by atoms with van der Waals surface area (Å²) in [7, 11) is 1.65. The summed E-state index contributed by atoms with van der Waals surface area (Å²) < 4.78 is 12.7. The van der Waals surface area contributed by atoms with Crippen molar-refractivity contribution >= 4 is 38.7 Å². The summed E-state index contributed by atoms with van der Waals surface area (Å²) in [5, 5.41) is 3.32. The molecule has 0 saturated heterocycles. The van der Waals surface area contributed by atoms with Crippen molar-refractivity contribution < 1.29 is 14.3 Å². The van der Waals surface area contributed by atoms with Crippen LogP contribution in [0.5, 0.6) is 5.75 Å². The SMILES string of the molecule is CCOC(=O)c1cc2ccc3c4ccccc4[nH]c3c2n1Cc1ccc(OC)cc1. The molecule has 0 saturated carbocycles. The molecule has 0 fully saturated rings. The Bertz CT molecular complexity index is 1380. The Balaban J connectivity index is 1.76. The zero-order valence-electron chi connectivity index (χ0n) is 16.9. The van der Waals surface area contributed by atoms with Gasteiger partial charge in [-0.2, -0.15) is 0 Å². The van der Waals surface area contributed by atoms with Gasteiger partial charge in [0, 0.05) is 28.2 Å². The molecule has 5 aromatic rings. The number of fused-ring (bicyclic) bond motifs is 5. The third-order valence-electron chi connectivity index (χ3n) is 5.52. The molecular weight excluding hydrogens is 376 g/mol. The van der Waals surface area contributed by atoms with Crippen molar-refractivity contribution in [3.05, 3.63) is 78.0 Å². The van der Waals surface area contributed by atoms with E-state index in [0.29, 0.717) is 18.8 Å². The normalized spacial score (nSPS) is 11.4. The Labute approximate surface area is 173 Å². The summed E-state index contributed by atoms with van der Waals surface area (Å²) in [5.41, 5.74) is 4.73. The number of aromatic amines is 1. The Morgan fingerprint density at radius 1 is 1.00 bits per heavy atom. The van der Waals surface area contributed by atoms with E-state index < -0.39 is 0 Å². The summed E-state index contributed by atoms with van der Waals surface area (Å²) in [6.45, 7) is 2.71. The van der Waals surface area contributed by atoms with Crippen molar-refractivity contribution in [2.45, 2.75) is 13.5 Å². The van der Waals surface area contributed by atoms with Crippen molar-refractivity contribution in [2.24, 2.45) is 0 Å². The molecule has 0 atom stereocenters. The first-order chi connectivity index (χ1) is 14.7. The molecule has 0 amide bonds. The van der Waals surface area contributed by atoms with Gasteiger partial charge in [-0.1, -0.05) is 42.5 Å². The minimum Gasteiger partial charge on any atom is -0.497 e. The average Bonchev–Trinajstić information content (AvgIpc) is 3.33. The van der Waals surface area contributed by atoms with Crippen LogP contribution in [0, 0.1) is 0 Å². The third kappa shape index (κ3) is 2.90. The second kappa shape index (κ2) is 7.26. The highest BCUT2D eigenvalue weighted by Gasteiger charge is 2.20. The van der Waals surface area contributed by atoms with Crippen LogP contribution in [-0.2, 0) is 11.3 Å². The first-order valence-corrected chi connectivity index (χ1v) is 10.0. The third-order valence-corrected chi connectivity index (χ3v) is 5.52. The van der Waals surface area contributed by atoms with Gasteiger partial charge < -0.3 is 19.0 Å². The van der Waals surface area contributed by atoms with E-state index in [9.17, 15) is 4.79 Å². The van der Waals surface area contributed by atoms with Crippen LogP contribution in [0.1, 0.15) is 23.0 Å². The van der Waals surface area contributed by atoms with Crippen LogP contribution < -0.4 is 4.74 Å². The van der Waals surface area contributed by atoms with Gasteiger partial charge >= 0.3 is 5.97 Å². The Kier molecular flexibility index (Phi) is 4.43. The molecule has 2 heterocycles. The summed E-state index contributed by atoms with van der Waals surface area (Å²) in [6.07, 6.45) is 0. The first-order valence-electron chi connectivity index (χ1n) is 10.0. The van der Waals surface area contributed by atoms with Gasteiger partial charge in [-0.25, -0.2) is 4.79 Å². The maximum Gasteiger partial charge on any atom is 0.354 e. The van der Waals surface area contributed by atoms with Gasteiger partial charge in [0.2, 0.25) is 0 Å². The number of benzene rings is 3. The summed E-state index contributed by atoms with van der Waals surface area (Å²) in [4.78, 5) is 16.3. The molecular formula is C25H22N2O3. The number of rotatable bonds is 5. The monoisotopic (exact) mass is 398 g/mol. The van der Waals surface area contributed by atoms with Gasteiger partial charge in [0.25, 0.3) is 0 Å². The maximum absolute atomic E-state index is 12.8. The van der Waals surface area contributed by atoms with E-state index in [0.717, 1.165) is 38.6 Å². The Hall–Kier alpha value is -3.73. The fourth-order valence-corrected chi connectivity index (χ4v) is 4.12. The number of methoxy groups -OCH3 is 1. The Morgan fingerprint density at radius 2 is 1.80 bits per heavy atom. The van der Waals surface area contributed by atoms with Crippen LogP contribution in [-0.4, -0.2) is 29.2 Å². The lowest BCUT2D eigenvalue weighted by Gasteiger charge is -2.11. The largest absolute Gasteiger partial charge is 0.497 e. The maximum atomic E-state index is 12.8.